The minimum Gasteiger partial charge on any atom is -0.272 e. The fraction of sp³-hybridized carbons (Fsp3) is 0.636. The van der Waals surface area contributed by atoms with E-state index in [9.17, 15) is 9.59 Å². The van der Waals surface area contributed by atoms with E-state index in [1.165, 1.54) is 22.3 Å². The summed E-state index contributed by atoms with van der Waals surface area (Å²) in [5.74, 6) is -0.164. The van der Waals surface area contributed by atoms with E-state index in [4.69, 9.17) is 0 Å². The van der Waals surface area contributed by atoms with Crippen molar-refractivity contribution in [1.82, 2.24) is 14.9 Å². The maximum absolute atomic E-state index is 12.5. The fourth-order valence-corrected chi connectivity index (χ4v) is 5.73. The highest BCUT2D eigenvalue weighted by atomic mass is 79.9. The van der Waals surface area contributed by atoms with Gasteiger partial charge in [0.25, 0.3) is 11.8 Å². The summed E-state index contributed by atoms with van der Waals surface area (Å²) in [7, 11) is 0. The van der Waals surface area contributed by atoms with E-state index in [2.05, 4.69) is 42.1 Å². The van der Waals surface area contributed by atoms with Gasteiger partial charge >= 0.3 is 0 Å². The fourth-order valence-electron chi connectivity index (χ4n) is 3.86. The Morgan fingerprint density at radius 1 is 1.00 bits per heavy atom. The van der Waals surface area contributed by atoms with E-state index in [1.807, 2.05) is 0 Å². The molecule has 0 N–H and O–H groups in total. The molecule has 3 fully saturated rings. The molecule has 2 bridgehead atoms. The number of imide groups is 1. The number of halogens is 2. The first-order valence-corrected chi connectivity index (χ1v) is 7.95. The van der Waals surface area contributed by atoms with Crippen LogP contribution in [0.2, 0.25) is 0 Å². The SMILES string of the molecule is O=C1[C@@H]2[C@H]3C[C@@H]([C@@H](Br)[C@H]3Br)[C@H]2C(=O)N1n1cnnc1. The highest BCUT2D eigenvalue weighted by Crippen LogP contribution is 2.59. The van der Waals surface area contributed by atoms with Crippen LogP contribution in [0.1, 0.15) is 6.42 Å². The van der Waals surface area contributed by atoms with E-state index in [0.717, 1.165) is 6.42 Å². The predicted molar refractivity (Wildman–Crippen MR) is 72.3 cm³/mol. The summed E-state index contributed by atoms with van der Waals surface area (Å²) >= 11 is 7.31. The molecule has 19 heavy (non-hydrogen) atoms. The van der Waals surface area contributed by atoms with Crippen LogP contribution in [0.25, 0.3) is 0 Å². The zero-order valence-corrected chi connectivity index (χ0v) is 12.9. The molecule has 2 heterocycles. The molecule has 2 saturated carbocycles. The van der Waals surface area contributed by atoms with Gasteiger partial charge in [0.1, 0.15) is 12.7 Å². The zero-order valence-electron chi connectivity index (χ0n) is 9.69. The Morgan fingerprint density at radius 2 is 1.47 bits per heavy atom. The number of carbonyl (C=O) groups excluding carboxylic acids is 2. The van der Waals surface area contributed by atoms with Gasteiger partial charge in [-0.1, -0.05) is 31.9 Å². The van der Waals surface area contributed by atoms with Crippen LogP contribution < -0.4 is 5.01 Å². The summed E-state index contributed by atoms with van der Waals surface area (Å²) in [5, 5.41) is 8.52. The second-order valence-electron chi connectivity index (χ2n) is 5.33. The van der Waals surface area contributed by atoms with Crippen molar-refractivity contribution in [3.63, 3.8) is 0 Å². The third-order valence-electron chi connectivity index (χ3n) is 4.60. The lowest BCUT2D eigenvalue weighted by atomic mass is 9.81. The maximum Gasteiger partial charge on any atom is 0.252 e. The Labute approximate surface area is 125 Å². The predicted octanol–water partition coefficient (Wildman–Crippen LogP) is 0.692. The average Bonchev–Trinajstić information content (AvgIpc) is 3.10. The zero-order chi connectivity index (χ0) is 13.3. The van der Waals surface area contributed by atoms with Gasteiger partial charge in [-0.25, -0.2) is 4.68 Å². The Balaban J connectivity index is 1.76. The molecule has 3 aliphatic rings. The molecular formula is C11H10Br2N4O2. The molecule has 0 radical (unpaired) electrons. The molecule has 0 aromatic carbocycles. The minimum absolute atomic E-state index is 0.119. The summed E-state index contributed by atoms with van der Waals surface area (Å²) in [5.41, 5.74) is 0. The van der Waals surface area contributed by atoms with Crippen molar-refractivity contribution < 1.29 is 9.59 Å². The molecule has 1 aliphatic heterocycles. The normalized spacial score (nSPS) is 44.2. The molecule has 100 valence electrons. The second-order valence-corrected chi connectivity index (χ2v) is 7.45. The first-order valence-electron chi connectivity index (χ1n) is 6.12. The maximum atomic E-state index is 12.5. The third kappa shape index (κ3) is 1.36. The van der Waals surface area contributed by atoms with Crippen molar-refractivity contribution in [2.45, 2.75) is 16.1 Å². The van der Waals surface area contributed by atoms with Crippen molar-refractivity contribution in [3.8, 4) is 0 Å². The lowest BCUT2D eigenvalue weighted by molar-refractivity contribution is -0.125. The molecule has 6 nitrogen and oxygen atoms in total. The van der Waals surface area contributed by atoms with E-state index in [1.54, 1.807) is 0 Å². The first-order chi connectivity index (χ1) is 9.11. The quantitative estimate of drug-likeness (QED) is 0.523. The van der Waals surface area contributed by atoms with Crippen LogP contribution in [0.15, 0.2) is 12.7 Å². The molecule has 2 amide bonds. The van der Waals surface area contributed by atoms with Crippen molar-refractivity contribution in [2.24, 2.45) is 23.7 Å². The van der Waals surface area contributed by atoms with Gasteiger partial charge in [0.15, 0.2) is 0 Å². The van der Waals surface area contributed by atoms with E-state index in [-0.39, 0.29) is 45.1 Å². The minimum atomic E-state index is -0.196. The largest absolute Gasteiger partial charge is 0.272 e. The van der Waals surface area contributed by atoms with Gasteiger partial charge in [0.05, 0.1) is 11.8 Å². The van der Waals surface area contributed by atoms with Crippen LogP contribution in [0, 0.1) is 23.7 Å². The van der Waals surface area contributed by atoms with Crippen LogP contribution in [0.5, 0.6) is 0 Å². The molecular weight excluding hydrogens is 380 g/mol. The number of alkyl halides is 2. The third-order valence-corrected chi connectivity index (χ3v) is 7.81. The van der Waals surface area contributed by atoms with Gasteiger partial charge in [0.2, 0.25) is 0 Å². The molecule has 0 spiro atoms. The molecule has 0 unspecified atom stereocenters. The monoisotopic (exact) mass is 388 g/mol. The number of carbonyl (C=O) groups is 2. The first kappa shape index (κ1) is 12.0. The summed E-state index contributed by atoms with van der Waals surface area (Å²) in [6, 6.07) is 0. The Morgan fingerprint density at radius 3 is 1.95 bits per heavy atom. The van der Waals surface area contributed by atoms with Crippen molar-refractivity contribution >= 4 is 43.7 Å². The average molecular weight is 390 g/mol. The van der Waals surface area contributed by atoms with Gasteiger partial charge < -0.3 is 0 Å². The number of fused-ring (bicyclic) bond motifs is 5. The van der Waals surface area contributed by atoms with Gasteiger partial charge in [-0.3, -0.25) is 9.59 Å². The number of amides is 2. The van der Waals surface area contributed by atoms with Gasteiger partial charge in [-0.05, 0) is 18.3 Å². The van der Waals surface area contributed by atoms with Crippen LogP contribution >= 0.6 is 31.9 Å². The topological polar surface area (TPSA) is 68.1 Å². The Kier molecular flexibility index (Phi) is 2.45. The molecule has 1 aromatic rings. The van der Waals surface area contributed by atoms with Crippen molar-refractivity contribution in [3.05, 3.63) is 12.7 Å². The Bertz CT molecular complexity index is 531. The van der Waals surface area contributed by atoms with Crippen molar-refractivity contribution in [1.29, 1.82) is 0 Å². The molecule has 4 rings (SSSR count). The number of nitrogens with zero attached hydrogens (tertiary/aromatic N) is 4. The van der Waals surface area contributed by atoms with Gasteiger partial charge in [0, 0.05) is 9.65 Å². The van der Waals surface area contributed by atoms with Gasteiger partial charge in [-0.2, -0.15) is 5.01 Å². The standard InChI is InChI=1S/C11H10Br2N4O2/c12-8-4-1-5(9(8)13)7-6(4)10(18)17(11(7)19)16-2-14-15-3-16/h2-9H,1H2/t4-,5-,6-,7-,8-,9+/m1/s1. The van der Waals surface area contributed by atoms with E-state index >= 15 is 0 Å². The highest BCUT2D eigenvalue weighted by Gasteiger charge is 2.66. The van der Waals surface area contributed by atoms with E-state index in [0.29, 0.717) is 0 Å². The lowest BCUT2D eigenvalue weighted by Crippen LogP contribution is -2.41. The van der Waals surface area contributed by atoms with Crippen molar-refractivity contribution in [2.75, 3.05) is 5.01 Å². The second kappa shape index (κ2) is 3.88. The summed E-state index contributed by atoms with van der Waals surface area (Å²) < 4.78 is 1.38. The van der Waals surface area contributed by atoms with Crippen LogP contribution in [0.3, 0.4) is 0 Å². The summed E-state index contributed by atoms with van der Waals surface area (Å²) in [6.45, 7) is 0. The lowest BCUT2D eigenvalue weighted by Gasteiger charge is -2.28. The van der Waals surface area contributed by atoms with E-state index < -0.39 is 0 Å². The summed E-state index contributed by atoms with van der Waals surface area (Å²) in [4.78, 5) is 25.6. The number of hydrogen-bond donors (Lipinski definition) is 0. The highest BCUT2D eigenvalue weighted by molar-refractivity contribution is 9.12. The molecule has 2 aliphatic carbocycles. The number of rotatable bonds is 1. The number of aromatic nitrogens is 3. The van der Waals surface area contributed by atoms with Gasteiger partial charge in [-0.15, -0.1) is 10.2 Å². The van der Waals surface area contributed by atoms with Crippen LogP contribution in [-0.2, 0) is 9.59 Å². The van der Waals surface area contributed by atoms with Crippen LogP contribution in [-0.4, -0.2) is 36.3 Å². The molecule has 1 aromatic heterocycles. The number of hydrogen-bond acceptors (Lipinski definition) is 4. The molecule has 8 heteroatoms. The summed E-state index contributed by atoms with van der Waals surface area (Å²) in [6.07, 6.45) is 3.71. The Hall–Kier alpha value is -0.760. The smallest absolute Gasteiger partial charge is 0.252 e. The van der Waals surface area contributed by atoms with Crippen LogP contribution in [0.4, 0.5) is 0 Å². The molecule has 6 atom stereocenters. The molecule has 1 saturated heterocycles.